The molecule has 2 rings (SSSR count). The molecule has 0 saturated carbocycles. The summed E-state index contributed by atoms with van der Waals surface area (Å²) in [5, 5.41) is 13.1. The van der Waals surface area contributed by atoms with Crippen molar-refractivity contribution in [3.8, 4) is 0 Å². The fourth-order valence-corrected chi connectivity index (χ4v) is 1.94. The zero-order chi connectivity index (χ0) is 14.7. The first kappa shape index (κ1) is 14.0. The van der Waals surface area contributed by atoms with E-state index in [1.54, 1.807) is 41.9 Å². The molecule has 5 nitrogen and oxygen atoms in total. The largest absolute Gasteiger partial charge is 0.350 e. The normalized spacial score (nSPS) is 10.6. The van der Waals surface area contributed by atoms with Crippen LogP contribution in [-0.4, -0.2) is 23.1 Å². The second-order valence-corrected chi connectivity index (χ2v) is 4.85. The summed E-state index contributed by atoms with van der Waals surface area (Å²) in [4.78, 5) is 23.2. The van der Waals surface area contributed by atoms with Crippen molar-refractivity contribution in [3.05, 3.63) is 47.5 Å². The van der Waals surface area contributed by atoms with Gasteiger partial charge in [-0.25, -0.2) is 5.48 Å². The van der Waals surface area contributed by atoms with Crippen molar-refractivity contribution in [1.29, 1.82) is 0 Å². The predicted octanol–water partition coefficient (Wildman–Crippen LogP) is 2.10. The monoisotopic (exact) mass is 272 g/mol. The van der Waals surface area contributed by atoms with Crippen LogP contribution < -0.4 is 10.8 Å². The number of carbonyl (C=O) groups excluding carboxylic acids is 2. The smallest absolute Gasteiger partial charge is 0.274 e. The molecule has 0 bridgehead atoms. The molecule has 0 aliphatic carbocycles. The van der Waals surface area contributed by atoms with E-state index in [1.807, 2.05) is 13.8 Å². The SMILES string of the molecule is CC(C)NC(=O)c1ccc2cc(C(=O)NO)ccc2c1. The highest BCUT2D eigenvalue weighted by Gasteiger charge is 2.09. The van der Waals surface area contributed by atoms with Crippen LogP contribution >= 0.6 is 0 Å². The van der Waals surface area contributed by atoms with Crippen LogP contribution in [-0.2, 0) is 0 Å². The van der Waals surface area contributed by atoms with Crippen molar-refractivity contribution in [2.45, 2.75) is 19.9 Å². The molecule has 0 radical (unpaired) electrons. The van der Waals surface area contributed by atoms with E-state index >= 15 is 0 Å². The Morgan fingerprint density at radius 1 is 0.950 bits per heavy atom. The number of rotatable bonds is 3. The molecule has 0 aliphatic rings. The minimum absolute atomic E-state index is 0.0776. The van der Waals surface area contributed by atoms with Gasteiger partial charge >= 0.3 is 0 Å². The average Bonchev–Trinajstić information content (AvgIpc) is 2.44. The van der Waals surface area contributed by atoms with Gasteiger partial charge in [0.2, 0.25) is 0 Å². The molecule has 0 aromatic heterocycles. The fourth-order valence-electron chi connectivity index (χ4n) is 1.94. The maximum Gasteiger partial charge on any atom is 0.274 e. The third-order valence-electron chi connectivity index (χ3n) is 2.89. The zero-order valence-electron chi connectivity index (χ0n) is 11.3. The lowest BCUT2D eigenvalue weighted by atomic mass is 10.0. The molecule has 2 amide bonds. The number of amides is 2. The lowest BCUT2D eigenvalue weighted by Crippen LogP contribution is -2.29. The van der Waals surface area contributed by atoms with Crippen LogP contribution in [0.2, 0.25) is 0 Å². The van der Waals surface area contributed by atoms with Gasteiger partial charge in [-0.05, 0) is 48.9 Å². The Hall–Kier alpha value is -2.40. The molecule has 20 heavy (non-hydrogen) atoms. The number of hydroxylamine groups is 1. The molecule has 0 aliphatic heterocycles. The van der Waals surface area contributed by atoms with Crippen LogP contribution in [0.4, 0.5) is 0 Å². The van der Waals surface area contributed by atoms with Crippen molar-refractivity contribution in [2.24, 2.45) is 0 Å². The summed E-state index contributed by atoms with van der Waals surface area (Å²) in [6, 6.07) is 10.3. The lowest BCUT2D eigenvalue weighted by molar-refractivity contribution is 0.0706. The highest BCUT2D eigenvalue weighted by atomic mass is 16.5. The Bertz CT molecular complexity index is 665. The second-order valence-electron chi connectivity index (χ2n) is 4.85. The molecule has 2 aromatic rings. The molecule has 0 heterocycles. The van der Waals surface area contributed by atoms with Gasteiger partial charge in [0.15, 0.2) is 0 Å². The van der Waals surface area contributed by atoms with Gasteiger partial charge in [-0.2, -0.15) is 0 Å². The van der Waals surface area contributed by atoms with Gasteiger partial charge in [-0.15, -0.1) is 0 Å². The Balaban J connectivity index is 2.36. The van der Waals surface area contributed by atoms with Gasteiger partial charge in [0.25, 0.3) is 11.8 Å². The van der Waals surface area contributed by atoms with Crippen LogP contribution in [0.1, 0.15) is 34.6 Å². The van der Waals surface area contributed by atoms with E-state index in [4.69, 9.17) is 5.21 Å². The highest BCUT2D eigenvalue weighted by Crippen LogP contribution is 2.18. The van der Waals surface area contributed by atoms with Gasteiger partial charge < -0.3 is 5.32 Å². The predicted molar refractivity (Wildman–Crippen MR) is 75.8 cm³/mol. The fraction of sp³-hybridized carbons (Fsp3) is 0.200. The Morgan fingerprint density at radius 3 is 1.90 bits per heavy atom. The van der Waals surface area contributed by atoms with Crippen molar-refractivity contribution < 1.29 is 14.8 Å². The third kappa shape index (κ3) is 2.95. The number of benzene rings is 2. The lowest BCUT2D eigenvalue weighted by Gasteiger charge is -2.09. The van der Waals surface area contributed by atoms with E-state index in [1.165, 1.54) is 0 Å². The molecule has 104 valence electrons. The number of hydrogen-bond acceptors (Lipinski definition) is 3. The van der Waals surface area contributed by atoms with Crippen molar-refractivity contribution in [2.75, 3.05) is 0 Å². The summed E-state index contributed by atoms with van der Waals surface area (Å²) in [6.07, 6.45) is 0. The minimum atomic E-state index is -0.562. The van der Waals surface area contributed by atoms with Gasteiger partial charge in [0.1, 0.15) is 0 Å². The summed E-state index contributed by atoms with van der Waals surface area (Å²) in [5.74, 6) is -0.687. The van der Waals surface area contributed by atoms with Gasteiger partial charge in [-0.3, -0.25) is 14.8 Å². The maximum absolute atomic E-state index is 11.9. The number of fused-ring (bicyclic) bond motifs is 1. The number of carbonyl (C=O) groups is 2. The van der Waals surface area contributed by atoms with E-state index in [-0.39, 0.29) is 11.9 Å². The topological polar surface area (TPSA) is 78.4 Å². The highest BCUT2D eigenvalue weighted by molar-refractivity contribution is 6.01. The molecule has 3 N–H and O–H groups in total. The summed E-state index contributed by atoms with van der Waals surface area (Å²) in [6.45, 7) is 3.80. The standard InChI is InChI=1S/C15H16N2O3/c1-9(2)16-14(18)12-5-3-11-8-13(15(19)17-20)6-4-10(11)7-12/h3-9,20H,1-2H3,(H,16,18)(H,17,19). The summed E-state index contributed by atoms with van der Waals surface area (Å²) >= 11 is 0. The van der Waals surface area contributed by atoms with Crippen LogP contribution in [0.3, 0.4) is 0 Å². The molecule has 0 saturated heterocycles. The zero-order valence-corrected chi connectivity index (χ0v) is 11.3. The molecule has 5 heteroatoms. The first-order chi connectivity index (χ1) is 9.51. The summed E-state index contributed by atoms with van der Waals surface area (Å²) in [7, 11) is 0. The van der Waals surface area contributed by atoms with E-state index < -0.39 is 5.91 Å². The first-order valence-corrected chi connectivity index (χ1v) is 6.30. The molecular weight excluding hydrogens is 256 g/mol. The van der Waals surface area contributed by atoms with E-state index in [0.717, 1.165) is 10.8 Å². The molecule has 0 fully saturated rings. The minimum Gasteiger partial charge on any atom is -0.350 e. The number of nitrogens with one attached hydrogen (secondary N) is 2. The van der Waals surface area contributed by atoms with Crippen LogP contribution in [0.15, 0.2) is 36.4 Å². The van der Waals surface area contributed by atoms with Gasteiger partial charge in [0, 0.05) is 17.2 Å². The first-order valence-electron chi connectivity index (χ1n) is 6.30. The maximum atomic E-state index is 11.9. The van der Waals surface area contributed by atoms with Gasteiger partial charge in [0.05, 0.1) is 0 Å². The van der Waals surface area contributed by atoms with Crippen molar-refractivity contribution in [1.82, 2.24) is 10.8 Å². The van der Waals surface area contributed by atoms with E-state index in [2.05, 4.69) is 5.32 Å². The van der Waals surface area contributed by atoms with E-state index in [0.29, 0.717) is 11.1 Å². The molecule has 0 unspecified atom stereocenters. The van der Waals surface area contributed by atoms with E-state index in [9.17, 15) is 9.59 Å². The molecule has 0 atom stereocenters. The summed E-state index contributed by atoms with van der Waals surface area (Å²) in [5.41, 5.74) is 2.53. The Morgan fingerprint density at radius 2 is 1.45 bits per heavy atom. The molecule has 2 aromatic carbocycles. The van der Waals surface area contributed by atoms with Crippen LogP contribution in [0, 0.1) is 0 Å². The molecular formula is C15H16N2O3. The molecule has 0 spiro atoms. The second kappa shape index (κ2) is 5.71. The van der Waals surface area contributed by atoms with Crippen LogP contribution in [0.5, 0.6) is 0 Å². The Labute approximate surface area is 116 Å². The third-order valence-corrected chi connectivity index (χ3v) is 2.89. The average molecular weight is 272 g/mol. The van der Waals surface area contributed by atoms with Gasteiger partial charge in [-0.1, -0.05) is 12.1 Å². The van der Waals surface area contributed by atoms with Crippen molar-refractivity contribution >= 4 is 22.6 Å². The quantitative estimate of drug-likeness (QED) is 0.591. The Kier molecular flexibility index (Phi) is 4.00. The number of hydrogen-bond donors (Lipinski definition) is 3. The van der Waals surface area contributed by atoms with Crippen LogP contribution in [0.25, 0.3) is 10.8 Å². The summed E-state index contributed by atoms with van der Waals surface area (Å²) < 4.78 is 0. The van der Waals surface area contributed by atoms with Crippen molar-refractivity contribution in [3.63, 3.8) is 0 Å².